The molecule has 1 fully saturated rings. The van der Waals surface area contributed by atoms with Gasteiger partial charge in [-0.3, -0.25) is 4.79 Å². The molecule has 0 aromatic carbocycles. The van der Waals surface area contributed by atoms with Crippen LogP contribution >= 0.6 is 0 Å². The summed E-state index contributed by atoms with van der Waals surface area (Å²) in [5, 5.41) is 53.7. The van der Waals surface area contributed by atoms with Crippen LogP contribution in [0.25, 0.3) is 0 Å². The van der Waals surface area contributed by atoms with Crippen molar-refractivity contribution in [2.24, 2.45) is 0 Å². The van der Waals surface area contributed by atoms with Gasteiger partial charge >= 0.3 is 0 Å². The number of carbonyl (C=O) groups is 1. The van der Waals surface area contributed by atoms with E-state index in [9.17, 15) is 30.3 Å². The summed E-state index contributed by atoms with van der Waals surface area (Å²) in [5.41, 5.74) is 0. The molecule has 0 bridgehead atoms. The summed E-state index contributed by atoms with van der Waals surface area (Å²) in [5.74, 6) is -0.208. The highest BCUT2D eigenvalue weighted by atomic mass is 16.7. The van der Waals surface area contributed by atoms with Crippen LogP contribution in [-0.4, -0.2) is 87.5 Å². The molecule has 1 saturated heterocycles. The van der Waals surface area contributed by atoms with Gasteiger partial charge in [-0.1, -0.05) is 127 Å². The normalized spacial score (nSPS) is 23.3. The lowest BCUT2D eigenvalue weighted by atomic mass is 9.99. The molecule has 47 heavy (non-hydrogen) atoms. The molecule has 0 spiro atoms. The van der Waals surface area contributed by atoms with Crippen LogP contribution in [0.15, 0.2) is 36.5 Å². The summed E-state index contributed by atoms with van der Waals surface area (Å²) in [4.78, 5) is 12.8. The molecular weight excluding hydrogens is 598 g/mol. The predicted octanol–water partition coefficient (Wildman–Crippen LogP) is 6.16. The van der Waals surface area contributed by atoms with Gasteiger partial charge in [0.25, 0.3) is 0 Å². The number of ether oxygens (including phenoxy) is 2. The molecule has 0 aromatic rings. The molecule has 0 saturated carbocycles. The largest absolute Gasteiger partial charge is 0.394 e. The van der Waals surface area contributed by atoms with Crippen LogP contribution in [0.2, 0.25) is 0 Å². The standard InChI is InChI=1S/C38H69NO8/c1-3-5-7-9-11-13-14-15-16-17-18-20-22-24-26-28-34(42)39-31(32(41)27-25-23-21-19-12-10-8-6-4-2)30-46-38-37(45)36(44)35(43)33(29-40)47-38/h15-16,21,23,25,27,31-33,35-38,40-41,43-45H,3-14,17-20,22,24,26,28-30H2,1-2H3,(H,39,42)/b16-15+,23-21+,27-25+/t31-,32+,33-,35-,36?,37?,38-/m0/s1. The Kier molecular flexibility index (Phi) is 27.1. The van der Waals surface area contributed by atoms with Crippen molar-refractivity contribution in [2.45, 2.75) is 185 Å². The maximum absolute atomic E-state index is 12.8. The second-order valence-corrected chi connectivity index (χ2v) is 13.0. The second-order valence-electron chi connectivity index (χ2n) is 13.0. The second kappa shape index (κ2) is 29.3. The van der Waals surface area contributed by atoms with Crippen molar-refractivity contribution >= 4 is 5.91 Å². The molecule has 2 unspecified atom stereocenters. The highest BCUT2D eigenvalue weighted by molar-refractivity contribution is 5.76. The van der Waals surface area contributed by atoms with Gasteiger partial charge in [0.15, 0.2) is 6.29 Å². The van der Waals surface area contributed by atoms with Crippen molar-refractivity contribution in [1.82, 2.24) is 5.32 Å². The molecule has 1 amide bonds. The fourth-order valence-corrected chi connectivity index (χ4v) is 5.62. The minimum absolute atomic E-state index is 0.208. The number of hydrogen-bond donors (Lipinski definition) is 6. The Morgan fingerprint density at radius 3 is 1.83 bits per heavy atom. The van der Waals surface area contributed by atoms with Crippen molar-refractivity contribution < 1.29 is 39.8 Å². The summed E-state index contributed by atoms with van der Waals surface area (Å²) < 4.78 is 11.1. The third kappa shape index (κ3) is 21.2. The Morgan fingerprint density at radius 1 is 0.723 bits per heavy atom. The molecule has 9 nitrogen and oxygen atoms in total. The lowest BCUT2D eigenvalue weighted by Gasteiger charge is -2.40. The SMILES string of the molecule is CCCCCCC/C=C/C=C/[C@@H](O)[C@H](CO[C@H]1O[C@@H](CO)[C@H](O)C(O)C1O)NC(=O)CCCCCCC/C=C/CCCCCCCC. The number of unbranched alkanes of at least 4 members (excludes halogenated alkanes) is 16. The Hall–Kier alpha value is -1.59. The van der Waals surface area contributed by atoms with Crippen molar-refractivity contribution in [3.8, 4) is 0 Å². The van der Waals surface area contributed by atoms with Gasteiger partial charge in [-0.25, -0.2) is 0 Å². The van der Waals surface area contributed by atoms with E-state index in [-0.39, 0.29) is 12.5 Å². The first-order valence-corrected chi connectivity index (χ1v) is 18.7. The predicted molar refractivity (Wildman–Crippen MR) is 189 cm³/mol. The van der Waals surface area contributed by atoms with E-state index < -0.39 is 49.5 Å². The third-order valence-corrected chi connectivity index (χ3v) is 8.74. The molecule has 9 heteroatoms. The topological polar surface area (TPSA) is 149 Å². The van der Waals surface area contributed by atoms with Crippen LogP contribution in [0.5, 0.6) is 0 Å². The first-order chi connectivity index (χ1) is 22.8. The Morgan fingerprint density at radius 2 is 1.26 bits per heavy atom. The van der Waals surface area contributed by atoms with Gasteiger partial charge in [0.05, 0.1) is 25.4 Å². The van der Waals surface area contributed by atoms with E-state index in [0.29, 0.717) is 6.42 Å². The van der Waals surface area contributed by atoms with E-state index in [1.807, 2.05) is 6.08 Å². The number of hydrogen-bond acceptors (Lipinski definition) is 8. The van der Waals surface area contributed by atoms with E-state index in [1.165, 1.54) is 70.6 Å². The first kappa shape index (κ1) is 43.4. The smallest absolute Gasteiger partial charge is 0.220 e. The van der Waals surface area contributed by atoms with Gasteiger partial charge in [0.1, 0.15) is 24.4 Å². The van der Waals surface area contributed by atoms with Crippen LogP contribution in [0.3, 0.4) is 0 Å². The average Bonchev–Trinajstić information content (AvgIpc) is 3.07. The van der Waals surface area contributed by atoms with E-state index in [2.05, 4.69) is 37.4 Å². The van der Waals surface area contributed by atoms with Crippen LogP contribution in [-0.2, 0) is 14.3 Å². The number of rotatable bonds is 29. The van der Waals surface area contributed by atoms with Gasteiger partial charge in [-0.2, -0.15) is 0 Å². The lowest BCUT2D eigenvalue weighted by Crippen LogP contribution is -2.60. The fraction of sp³-hybridized carbons (Fsp3) is 0.816. The van der Waals surface area contributed by atoms with E-state index in [1.54, 1.807) is 12.2 Å². The van der Waals surface area contributed by atoms with E-state index in [0.717, 1.165) is 51.4 Å². The Bertz CT molecular complexity index is 833. The van der Waals surface area contributed by atoms with E-state index in [4.69, 9.17) is 9.47 Å². The number of carbonyl (C=O) groups excluding carboxylic acids is 1. The van der Waals surface area contributed by atoms with Crippen LogP contribution in [0.4, 0.5) is 0 Å². The van der Waals surface area contributed by atoms with Crippen molar-refractivity contribution in [3.05, 3.63) is 36.5 Å². The fourth-order valence-electron chi connectivity index (χ4n) is 5.62. The molecule has 1 aliphatic rings. The van der Waals surface area contributed by atoms with Crippen LogP contribution in [0, 0.1) is 0 Å². The molecule has 0 radical (unpaired) electrons. The zero-order chi connectivity index (χ0) is 34.5. The number of aliphatic hydroxyl groups excluding tert-OH is 5. The summed E-state index contributed by atoms with van der Waals surface area (Å²) in [7, 11) is 0. The molecule has 1 rings (SSSR count). The quantitative estimate of drug-likeness (QED) is 0.0316. The van der Waals surface area contributed by atoms with Crippen molar-refractivity contribution in [1.29, 1.82) is 0 Å². The van der Waals surface area contributed by atoms with Gasteiger partial charge in [-0.15, -0.1) is 0 Å². The maximum Gasteiger partial charge on any atom is 0.220 e. The zero-order valence-electron chi connectivity index (χ0n) is 29.5. The van der Waals surface area contributed by atoms with Crippen molar-refractivity contribution in [2.75, 3.05) is 13.2 Å². The highest BCUT2D eigenvalue weighted by Gasteiger charge is 2.44. The zero-order valence-corrected chi connectivity index (χ0v) is 29.5. The number of allylic oxidation sites excluding steroid dienone is 5. The van der Waals surface area contributed by atoms with Crippen molar-refractivity contribution in [3.63, 3.8) is 0 Å². The summed E-state index contributed by atoms with van der Waals surface area (Å²) in [6, 6.07) is -0.836. The van der Waals surface area contributed by atoms with Crippen LogP contribution < -0.4 is 5.32 Å². The van der Waals surface area contributed by atoms with Gasteiger partial charge in [-0.05, 0) is 44.9 Å². The van der Waals surface area contributed by atoms with Crippen LogP contribution in [0.1, 0.15) is 142 Å². The Labute approximate surface area is 285 Å². The molecular formula is C38H69NO8. The first-order valence-electron chi connectivity index (χ1n) is 18.7. The van der Waals surface area contributed by atoms with E-state index >= 15 is 0 Å². The molecule has 6 N–H and O–H groups in total. The molecule has 0 aromatic heterocycles. The molecule has 0 aliphatic carbocycles. The third-order valence-electron chi connectivity index (χ3n) is 8.74. The number of aliphatic hydroxyl groups is 5. The minimum Gasteiger partial charge on any atom is -0.394 e. The number of nitrogens with one attached hydrogen (secondary N) is 1. The monoisotopic (exact) mass is 668 g/mol. The van der Waals surface area contributed by atoms with Gasteiger partial charge in [0, 0.05) is 6.42 Å². The lowest BCUT2D eigenvalue weighted by molar-refractivity contribution is -0.302. The molecule has 1 aliphatic heterocycles. The summed E-state index contributed by atoms with van der Waals surface area (Å²) >= 11 is 0. The molecule has 7 atom stereocenters. The average molecular weight is 668 g/mol. The van der Waals surface area contributed by atoms with Gasteiger partial charge < -0.3 is 40.3 Å². The molecule has 274 valence electrons. The van der Waals surface area contributed by atoms with Gasteiger partial charge in [0.2, 0.25) is 5.91 Å². The number of amides is 1. The summed E-state index contributed by atoms with van der Waals surface area (Å²) in [6.45, 7) is 3.65. The minimum atomic E-state index is -1.57. The highest BCUT2D eigenvalue weighted by Crippen LogP contribution is 2.22. The molecule has 1 heterocycles. The Balaban J connectivity index is 2.47. The summed E-state index contributed by atoms with van der Waals surface area (Å²) in [6.07, 6.45) is 26.3. The maximum atomic E-state index is 12.8.